The summed E-state index contributed by atoms with van der Waals surface area (Å²) < 4.78 is 27.0. The third-order valence-electron chi connectivity index (χ3n) is 2.82. The van der Waals surface area contributed by atoms with Crippen molar-refractivity contribution in [1.82, 2.24) is 5.32 Å². The fourth-order valence-electron chi connectivity index (χ4n) is 1.83. The van der Waals surface area contributed by atoms with E-state index in [4.69, 9.17) is 11.6 Å². The minimum atomic E-state index is -0.493. The Kier molecular flexibility index (Phi) is 4.91. The number of hydrogen-bond donors (Lipinski definition) is 1. The zero-order valence-corrected chi connectivity index (χ0v) is 12.0. The first kappa shape index (κ1) is 14.4. The molecule has 0 bridgehead atoms. The zero-order chi connectivity index (χ0) is 13.8. The Hall–Kier alpha value is -0.970. The van der Waals surface area contributed by atoms with Crippen LogP contribution >= 0.6 is 22.9 Å². The first-order chi connectivity index (χ1) is 9.06. The summed E-state index contributed by atoms with van der Waals surface area (Å²) in [5, 5.41) is 5.81. The van der Waals surface area contributed by atoms with Gasteiger partial charge in [-0.2, -0.15) is 0 Å². The molecule has 2 aromatic rings. The molecule has 19 heavy (non-hydrogen) atoms. The molecule has 0 fully saturated rings. The highest BCUT2D eigenvalue weighted by molar-refractivity contribution is 7.10. The maximum Gasteiger partial charge on any atom is 0.129 e. The fourth-order valence-corrected chi connectivity index (χ4v) is 2.85. The van der Waals surface area contributed by atoms with Crippen LogP contribution in [-0.4, -0.2) is 6.04 Å². The number of benzene rings is 1. The van der Waals surface area contributed by atoms with Crippen LogP contribution in [-0.2, 0) is 13.0 Å². The highest BCUT2D eigenvalue weighted by atomic mass is 35.5. The molecule has 0 saturated carbocycles. The Balaban J connectivity index is 1.92. The van der Waals surface area contributed by atoms with Crippen LogP contribution in [0.2, 0.25) is 5.02 Å². The van der Waals surface area contributed by atoms with Crippen molar-refractivity contribution >= 4 is 22.9 Å². The zero-order valence-electron chi connectivity index (χ0n) is 10.4. The molecule has 5 heteroatoms. The van der Waals surface area contributed by atoms with E-state index in [0.717, 1.165) is 9.90 Å². The summed E-state index contributed by atoms with van der Waals surface area (Å²) >= 11 is 7.39. The van der Waals surface area contributed by atoms with Crippen LogP contribution in [0.15, 0.2) is 29.6 Å². The largest absolute Gasteiger partial charge is 0.309 e. The number of hydrogen-bond acceptors (Lipinski definition) is 2. The average Bonchev–Trinajstić information content (AvgIpc) is 2.77. The summed E-state index contributed by atoms with van der Waals surface area (Å²) in [5.74, 6) is -0.986. The maximum absolute atomic E-state index is 13.5. The number of rotatable bonds is 5. The van der Waals surface area contributed by atoms with Gasteiger partial charge in [-0.25, -0.2) is 8.78 Å². The summed E-state index contributed by atoms with van der Waals surface area (Å²) in [7, 11) is 0. The van der Waals surface area contributed by atoms with E-state index in [1.165, 1.54) is 18.2 Å². The second kappa shape index (κ2) is 6.46. The van der Waals surface area contributed by atoms with E-state index in [-0.39, 0.29) is 11.6 Å². The van der Waals surface area contributed by atoms with Gasteiger partial charge in [0.05, 0.1) is 5.02 Å². The van der Waals surface area contributed by atoms with E-state index < -0.39 is 11.6 Å². The van der Waals surface area contributed by atoms with Gasteiger partial charge in [0.1, 0.15) is 11.6 Å². The molecule has 0 amide bonds. The van der Waals surface area contributed by atoms with Crippen molar-refractivity contribution in [3.8, 4) is 0 Å². The standard InChI is InChI=1S/C14H14ClF2NS/c1-9(18-7-11-6-10(15)8-19-11)5-12-13(16)3-2-4-14(12)17/h2-4,6,8-9,18H,5,7H2,1H3. The van der Waals surface area contributed by atoms with E-state index in [1.54, 1.807) is 11.3 Å². The van der Waals surface area contributed by atoms with Gasteiger partial charge in [-0.3, -0.25) is 0 Å². The lowest BCUT2D eigenvalue weighted by molar-refractivity contribution is 0.501. The van der Waals surface area contributed by atoms with Gasteiger partial charge in [-0.1, -0.05) is 17.7 Å². The predicted octanol–water partition coefficient (Wildman–Crippen LogP) is 4.40. The SMILES string of the molecule is CC(Cc1c(F)cccc1F)NCc1cc(Cl)cs1. The Morgan fingerprint density at radius 3 is 2.58 bits per heavy atom. The van der Waals surface area contributed by atoms with Crippen LogP contribution < -0.4 is 5.32 Å². The van der Waals surface area contributed by atoms with Gasteiger partial charge < -0.3 is 5.32 Å². The topological polar surface area (TPSA) is 12.0 Å². The first-order valence-electron chi connectivity index (χ1n) is 5.95. The smallest absolute Gasteiger partial charge is 0.129 e. The minimum Gasteiger partial charge on any atom is -0.309 e. The molecule has 1 unspecified atom stereocenters. The van der Waals surface area contributed by atoms with Crippen LogP contribution in [0.5, 0.6) is 0 Å². The summed E-state index contributed by atoms with van der Waals surface area (Å²) in [6.45, 7) is 2.55. The molecule has 0 spiro atoms. The lowest BCUT2D eigenvalue weighted by Crippen LogP contribution is -2.28. The molecule has 0 aliphatic carbocycles. The molecule has 1 N–H and O–H groups in total. The summed E-state index contributed by atoms with van der Waals surface area (Å²) in [6, 6.07) is 5.80. The van der Waals surface area contributed by atoms with E-state index >= 15 is 0 Å². The van der Waals surface area contributed by atoms with Crippen LogP contribution in [0, 0.1) is 11.6 Å². The number of halogens is 3. The molecule has 1 heterocycles. The summed E-state index contributed by atoms with van der Waals surface area (Å²) in [5.41, 5.74) is 0.131. The minimum absolute atomic E-state index is 0.0210. The van der Waals surface area contributed by atoms with Crippen LogP contribution in [0.3, 0.4) is 0 Å². The van der Waals surface area contributed by atoms with Gasteiger partial charge in [0.15, 0.2) is 0 Å². The number of nitrogens with one attached hydrogen (secondary N) is 1. The van der Waals surface area contributed by atoms with Crippen molar-refractivity contribution in [2.45, 2.75) is 25.9 Å². The summed E-state index contributed by atoms with van der Waals surface area (Å²) in [6.07, 6.45) is 0.317. The molecule has 0 radical (unpaired) electrons. The predicted molar refractivity (Wildman–Crippen MR) is 75.7 cm³/mol. The molecule has 0 aliphatic heterocycles. The molecule has 1 aromatic carbocycles. The lowest BCUT2D eigenvalue weighted by Gasteiger charge is -2.14. The van der Waals surface area contributed by atoms with Crippen molar-refractivity contribution in [2.24, 2.45) is 0 Å². The molecular formula is C14H14ClF2NS. The normalized spacial score (nSPS) is 12.6. The van der Waals surface area contributed by atoms with Crippen molar-refractivity contribution in [2.75, 3.05) is 0 Å². The van der Waals surface area contributed by atoms with E-state index in [2.05, 4.69) is 5.32 Å². The third kappa shape index (κ3) is 4.00. The molecule has 102 valence electrons. The van der Waals surface area contributed by atoms with E-state index in [9.17, 15) is 8.78 Å². The second-order valence-corrected chi connectivity index (χ2v) is 5.85. The Bertz CT molecular complexity index is 536. The van der Waals surface area contributed by atoms with Crippen LogP contribution in [0.4, 0.5) is 8.78 Å². The maximum atomic E-state index is 13.5. The molecule has 0 aliphatic rings. The van der Waals surface area contributed by atoms with E-state index in [0.29, 0.717) is 13.0 Å². The number of thiophene rings is 1. The lowest BCUT2D eigenvalue weighted by atomic mass is 10.1. The van der Waals surface area contributed by atoms with Gasteiger partial charge in [0, 0.05) is 28.4 Å². The van der Waals surface area contributed by atoms with E-state index in [1.807, 2.05) is 18.4 Å². The average molecular weight is 302 g/mol. The monoisotopic (exact) mass is 301 g/mol. The van der Waals surface area contributed by atoms with Crippen LogP contribution in [0.25, 0.3) is 0 Å². The first-order valence-corrected chi connectivity index (χ1v) is 7.21. The van der Waals surface area contributed by atoms with Crippen molar-refractivity contribution in [3.05, 3.63) is 56.7 Å². The van der Waals surface area contributed by atoms with Crippen LogP contribution in [0.1, 0.15) is 17.4 Å². The Morgan fingerprint density at radius 2 is 2.00 bits per heavy atom. The molecule has 1 atom stereocenters. The Labute approximate surface area is 120 Å². The van der Waals surface area contributed by atoms with Gasteiger partial charge in [-0.15, -0.1) is 11.3 Å². The van der Waals surface area contributed by atoms with Crippen molar-refractivity contribution in [1.29, 1.82) is 0 Å². The van der Waals surface area contributed by atoms with Crippen molar-refractivity contribution in [3.63, 3.8) is 0 Å². The fraction of sp³-hybridized carbons (Fsp3) is 0.286. The highest BCUT2D eigenvalue weighted by Crippen LogP contribution is 2.19. The van der Waals surface area contributed by atoms with Gasteiger partial charge in [0.25, 0.3) is 0 Å². The van der Waals surface area contributed by atoms with Gasteiger partial charge >= 0.3 is 0 Å². The molecule has 2 rings (SSSR count). The quantitative estimate of drug-likeness (QED) is 0.863. The Morgan fingerprint density at radius 1 is 1.32 bits per heavy atom. The van der Waals surface area contributed by atoms with Gasteiger partial charge in [0.2, 0.25) is 0 Å². The molecule has 0 saturated heterocycles. The molecular weight excluding hydrogens is 288 g/mol. The summed E-state index contributed by atoms with van der Waals surface area (Å²) in [4.78, 5) is 1.10. The highest BCUT2D eigenvalue weighted by Gasteiger charge is 2.12. The van der Waals surface area contributed by atoms with Crippen molar-refractivity contribution < 1.29 is 8.78 Å². The second-order valence-electron chi connectivity index (χ2n) is 4.42. The van der Waals surface area contributed by atoms with Gasteiger partial charge in [-0.05, 0) is 31.5 Å². The molecule has 1 nitrogen and oxygen atoms in total. The molecule has 1 aromatic heterocycles. The third-order valence-corrected chi connectivity index (χ3v) is 4.10.